The Bertz CT molecular complexity index is 2340. The van der Waals surface area contributed by atoms with Crippen LogP contribution in [0.2, 0.25) is 0 Å². The number of carboxylic acids is 2. The fourth-order valence-electron chi connectivity index (χ4n) is 7.79. The van der Waals surface area contributed by atoms with E-state index in [2.05, 4.69) is 57.2 Å². The van der Waals surface area contributed by atoms with Crippen LogP contribution in [0.15, 0.2) is 121 Å². The molecule has 0 spiro atoms. The van der Waals surface area contributed by atoms with E-state index in [0.717, 1.165) is 81.8 Å². The first-order valence-electron chi connectivity index (χ1n) is 24.1. The van der Waals surface area contributed by atoms with Crippen molar-refractivity contribution in [3.05, 3.63) is 155 Å². The summed E-state index contributed by atoms with van der Waals surface area (Å²) >= 11 is 0. The summed E-state index contributed by atoms with van der Waals surface area (Å²) in [5.41, 5.74) is 10.3. The first-order chi connectivity index (χ1) is 32.4. The number of rotatable bonds is 26. The Hall–Kier alpha value is -6.48. The van der Waals surface area contributed by atoms with Crippen LogP contribution >= 0.6 is 0 Å². The summed E-state index contributed by atoms with van der Waals surface area (Å²) < 4.78 is 6.21. The molecule has 5 rings (SSSR count). The van der Waals surface area contributed by atoms with Crippen LogP contribution < -0.4 is 4.74 Å². The molecular weight excluding hydrogens is 837 g/mol. The van der Waals surface area contributed by atoms with Crippen LogP contribution in [0.25, 0.3) is 28.3 Å². The predicted molar refractivity (Wildman–Crippen MR) is 272 cm³/mol. The lowest BCUT2D eigenvalue weighted by Crippen LogP contribution is -2.25. The summed E-state index contributed by atoms with van der Waals surface area (Å²) in [5.74, 6) is -0.727. The fraction of sp³-hybridized carbons (Fsp3) is 0.379. The monoisotopic (exact) mass is 909 g/mol. The van der Waals surface area contributed by atoms with E-state index in [9.17, 15) is 19.2 Å². The van der Waals surface area contributed by atoms with E-state index in [4.69, 9.17) is 14.9 Å². The predicted octanol–water partition coefficient (Wildman–Crippen LogP) is 13.3. The topological polar surface area (TPSA) is 124 Å². The molecular formula is C58H72N2O7. The summed E-state index contributed by atoms with van der Waals surface area (Å²) in [6, 6.07) is 38.2. The molecule has 0 unspecified atom stereocenters. The molecule has 0 saturated carbocycles. The van der Waals surface area contributed by atoms with Gasteiger partial charge < -0.3 is 24.7 Å². The lowest BCUT2D eigenvalue weighted by atomic mass is 9.96. The Morgan fingerprint density at radius 2 is 1.13 bits per heavy atom. The van der Waals surface area contributed by atoms with Gasteiger partial charge >= 0.3 is 11.9 Å². The molecule has 2 amide bonds. The lowest BCUT2D eigenvalue weighted by molar-refractivity contribution is -0.137. The molecule has 356 valence electrons. The largest absolute Gasteiger partial charge is 0.488 e. The average Bonchev–Trinajstić information content (AvgIpc) is 3.33. The Morgan fingerprint density at radius 1 is 0.552 bits per heavy atom. The molecule has 5 aromatic carbocycles. The second kappa shape index (κ2) is 29.2. The van der Waals surface area contributed by atoms with Gasteiger partial charge in [0.25, 0.3) is 0 Å². The standard InChI is InChI=1S/C32H37NO4.C26H35NO3/c1-3-4-5-6-10-16-31(34)33(2)23-27-14-11-15-28(21-27)29-19-17-25(18-20-32(35)36)22-30(29)37-24-26-12-8-7-9-13-26;1-4-5-6-7-8-9-25(28)27(3)19-22-11-10-20(2)24(18-22)23-15-12-21(13-16-23)14-17-26(29)30/h7-9,11-15,17-22H,3-6,10,16,23-24H2,1-2H3,(H,35,36);10-13,15-16,18H,4-9,14,17,19H2,1-3H3,(H,29,30). The minimum atomic E-state index is -0.997. The Kier molecular flexibility index (Phi) is 23.2. The van der Waals surface area contributed by atoms with Gasteiger partial charge in [-0.15, -0.1) is 0 Å². The summed E-state index contributed by atoms with van der Waals surface area (Å²) in [5, 5.41) is 17.8. The maximum atomic E-state index is 12.6. The van der Waals surface area contributed by atoms with E-state index >= 15 is 0 Å². The second-order valence-corrected chi connectivity index (χ2v) is 17.5. The van der Waals surface area contributed by atoms with E-state index in [0.29, 0.717) is 44.7 Å². The zero-order chi connectivity index (χ0) is 48.4. The third-order valence-corrected chi connectivity index (χ3v) is 11.8. The first kappa shape index (κ1) is 53.1. The summed E-state index contributed by atoms with van der Waals surface area (Å²) in [4.78, 5) is 50.4. The molecule has 9 heteroatoms. The highest BCUT2D eigenvalue weighted by Crippen LogP contribution is 2.33. The first-order valence-corrected chi connectivity index (χ1v) is 24.1. The zero-order valence-corrected chi connectivity index (χ0v) is 40.5. The highest BCUT2D eigenvalue weighted by molar-refractivity contribution is 5.86. The van der Waals surface area contributed by atoms with E-state index in [-0.39, 0.29) is 18.2 Å². The van der Waals surface area contributed by atoms with Gasteiger partial charge in [0, 0.05) is 58.1 Å². The van der Waals surface area contributed by atoms with E-state index < -0.39 is 11.9 Å². The van der Waals surface area contributed by atoms with Crippen molar-refractivity contribution < 1.29 is 34.1 Å². The second-order valence-electron chi connectivity index (χ2n) is 17.5. The van der Waals surface area contributed by atoms with Crippen LogP contribution in [-0.4, -0.2) is 57.9 Å². The van der Waals surface area contributed by atoms with Gasteiger partial charge in [-0.05, 0) is 101 Å². The number of hydrogen-bond acceptors (Lipinski definition) is 5. The number of benzene rings is 5. The lowest BCUT2D eigenvalue weighted by Gasteiger charge is -2.18. The van der Waals surface area contributed by atoms with Gasteiger partial charge in [0.05, 0.1) is 0 Å². The van der Waals surface area contributed by atoms with Crippen molar-refractivity contribution in [2.24, 2.45) is 0 Å². The molecule has 0 aromatic heterocycles. The average molecular weight is 909 g/mol. The SMILES string of the molecule is CCCCCCCC(=O)N(C)Cc1ccc(C)c(-c2ccc(CCC(=O)O)cc2)c1.CCCCCCCC(=O)N(C)Cc1cccc(-c2ccc(C=CC(=O)O)cc2OCc2ccccc2)c1. The quantitative estimate of drug-likeness (QED) is 0.0418. The smallest absolute Gasteiger partial charge is 0.328 e. The minimum absolute atomic E-state index is 0.146. The van der Waals surface area contributed by atoms with Crippen LogP contribution in [-0.2, 0) is 45.3 Å². The van der Waals surface area contributed by atoms with Crippen LogP contribution in [0, 0.1) is 6.92 Å². The molecule has 0 fully saturated rings. The molecule has 0 radical (unpaired) electrons. The van der Waals surface area contributed by atoms with Crippen LogP contribution in [0.1, 0.15) is 131 Å². The van der Waals surface area contributed by atoms with Crippen molar-refractivity contribution >= 4 is 29.8 Å². The number of amides is 2. The molecule has 0 aliphatic rings. The van der Waals surface area contributed by atoms with Gasteiger partial charge in [0.1, 0.15) is 12.4 Å². The zero-order valence-electron chi connectivity index (χ0n) is 40.5. The Labute approximate surface area is 399 Å². The number of carbonyl (C=O) groups excluding carboxylic acids is 2. The Morgan fingerprint density at radius 3 is 1.73 bits per heavy atom. The minimum Gasteiger partial charge on any atom is -0.488 e. The van der Waals surface area contributed by atoms with Crippen molar-refractivity contribution in [3.63, 3.8) is 0 Å². The summed E-state index contributed by atoms with van der Waals surface area (Å²) in [7, 11) is 3.74. The number of carbonyl (C=O) groups is 4. The molecule has 0 heterocycles. The van der Waals surface area contributed by atoms with Gasteiger partial charge in [-0.25, -0.2) is 4.79 Å². The molecule has 9 nitrogen and oxygen atoms in total. The third kappa shape index (κ3) is 19.5. The number of aryl methyl sites for hydroxylation is 2. The molecule has 0 atom stereocenters. The fourth-order valence-corrected chi connectivity index (χ4v) is 7.79. The highest BCUT2D eigenvalue weighted by atomic mass is 16.5. The number of hydrogen-bond donors (Lipinski definition) is 2. The van der Waals surface area contributed by atoms with Gasteiger partial charge in [-0.2, -0.15) is 0 Å². The van der Waals surface area contributed by atoms with Crippen molar-refractivity contribution in [1.29, 1.82) is 0 Å². The molecule has 0 bridgehead atoms. The molecule has 67 heavy (non-hydrogen) atoms. The van der Waals surface area contributed by atoms with E-state index in [1.54, 1.807) is 11.0 Å². The van der Waals surface area contributed by atoms with Gasteiger partial charge in [-0.1, -0.05) is 162 Å². The Balaban J connectivity index is 0.000000299. The molecule has 0 saturated heterocycles. The summed E-state index contributed by atoms with van der Waals surface area (Å²) in [6.45, 7) is 8.02. The van der Waals surface area contributed by atoms with Crippen LogP contribution in [0.3, 0.4) is 0 Å². The number of ether oxygens (including phenoxy) is 1. The molecule has 5 aromatic rings. The van der Waals surface area contributed by atoms with Gasteiger partial charge in [0.15, 0.2) is 0 Å². The molecule has 0 aliphatic carbocycles. The molecule has 2 N–H and O–H groups in total. The van der Waals surface area contributed by atoms with Gasteiger partial charge in [-0.3, -0.25) is 14.4 Å². The van der Waals surface area contributed by atoms with Crippen molar-refractivity contribution in [1.82, 2.24) is 9.80 Å². The third-order valence-electron chi connectivity index (χ3n) is 11.8. The van der Waals surface area contributed by atoms with E-state index in [1.165, 1.54) is 44.1 Å². The maximum Gasteiger partial charge on any atom is 0.328 e. The van der Waals surface area contributed by atoms with E-state index in [1.807, 2.05) is 97.9 Å². The van der Waals surface area contributed by atoms with Crippen molar-refractivity contribution in [2.75, 3.05) is 14.1 Å². The highest BCUT2D eigenvalue weighted by Gasteiger charge is 2.14. The number of nitrogens with zero attached hydrogens (tertiary/aromatic N) is 2. The number of carboxylic acid groups (broad SMARTS) is 2. The maximum absolute atomic E-state index is 12.6. The van der Waals surface area contributed by atoms with Crippen LogP contribution in [0.4, 0.5) is 0 Å². The summed E-state index contributed by atoms with van der Waals surface area (Å²) in [6.07, 6.45) is 16.0. The molecule has 0 aliphatic heterocycles. The number of aliphatic carboxylic acids is 2. The van der Waals surface area contributed by atoms with Crippen molar-refractivity contribution in [3.8, 4) is 28.0 Å². The van der Waals surface area contributed by atoms with Crippen LogP contribution in [0.5, 0.6) is 5.75 Å². The normalized spacial score (nSPS) is 10.9. The number of unbranched alkanes of at least 4 members (excludes halogenated alkanes) is 8. The van der Waals surface area contributed by atoms with Gasteiger partial charge in [0.2, 0.25) is 11.8 Å². The van der Waals surface area contributed by atoms with Crippen molar-refractivity contribution in [2.45, 2.75) is 130 Å².